The quantitative estimate of drug-likeness (QED) is 0.324. The highest BCUT2D eigenvalue weighted by atomic mass is 35.5. The molecule has 32 heavy (non-hydrogen) atoms. The van der Waals surface area contributed by atoms with E-state index in [1.807, 2.05) is 54.6 Å². The van der Waals surface area contributed by atoms with Gasteiger partial charge in [-0.1, -0.05) is 71.7 Å². The average Bonchev–Trinajstić information content (AvgIpc) is 3.22. The Hall–Kier alpha value is -2.86. The zero-order chi connectivity index (χ0) is 22.3. The van der Waals surface area contributed by atoms with E-state index in [-0.39, 0.29) is 0 Å². The summed E-state index contributed by atoms with van der Waals surface area (Å²) < 4.78 is 5.22. The van der Waals surface area contributed by atoms with Gasteiger partial charge in [0.05, 0.1) is 13.7 Å². The first-order valence-corrected chi connectivity index (χ1v) is 11.1. The molecule has 1 N–H and O–H groups in total. The lowest BCUT2D eigenvalue weighted by Gasteiger charge is -2.06. The topological polar surface area (TPSA) is 52.0 Å². The summed E-state index contributed by atoms with van der Waals surface area (Å²) in [6.45, 7) is 1.92. The average molecular weight is 467 g/mol. The zero-order valence-electron chi connectivity index (χ0n) is 17.8. The summed E-state index contributed by atoms with van der Waals surface area (Å²) in [7, 11) is 1.68. The second kappa shape index (κ2) is 10.6. The van der Waals surface area contributed by atoms with E-state index < -0.39 is 0 Å². The molecular formula is C25H24Cl2N4O. The van der Waals surface area contributed by atoms with Gasteiger partial charge in [-0.25, -0.2) is 0 Å². The van der Waals surface area contributed by atoms with Crippen LogP contribution in [-0.2, 0) is 19.5 Å². The Kier molecular flexibility index (Phi) is 7.43. The molecule has 3 aromatic carbocycles. The SMILES string of the molecule is COc1ccc(CCNCc2nn(Cc3ccc(Cl)cc3Cl)nc2-c2ccccc2)cc1. The minimum Gasteiger partial charge on any atom is -0.497 e. The molecular weight excluding hydrogens is 443 g/mol. The minimum absolute atomic E-state index is 0.474. The third kappa shape index (κ3) is 5.68. The molecule has 4 rings (SSSR count). The maximum atomic E-state index is 6.35. The molecule has 164 valence electrons. The third-order valence-electron chi connectivity index (χ3n) is 5.14. The standard InChI is InChI=1S/C25H24Cl2N4O/c1-32-22-11-7-18(8-12-22)13-14-28-16-24-25(19-5-3-2-4-6-19)30-31(29-24)17-20-9-10-21(26)15-23(20)27/h2-12,15,28H,13-14,16-17H2,1H3. The van der Waals surface area contributed by atoms with Crippen LogP contribution in [0.25, 0.3) is 11.3 Å². The number of benzene rings is 3. The van der Waals surface area contributed by atoms with Crippen molar-refractivity contribution in [3.8, 4) is 17.0 Å². The molecule has 0 unspecified atom stereocenters. The molecule has 0 bridgehead atoms. The van der Waals surface area contributed by atoms with Gasteiger partial charge in [-0.15, -0.1) is 0 Å². The molecule has 0 aliphatic heterocycles. The van der Waals surface area contributed by atoms with Crippen LogP contribution in [0.3, 0.4) is 0 Å². The van der Waals surface area contributed by atoms with E-state index in [0.29, 0.717) is 23.1 Å². The number of hydrogen-bond acceptors (Lipinski definition) is 4. The van der Waals surface area contributed by atoms with Crippen molar-refractivity contribution in [1.82, 2.24) is 20.3 Å². The minimum atomic E-state index is 0.474. The summed E-state index contributed by atoms with van der Waals surface area (Å²) in [5.74, 6) is 0.867. The van der Waals surface area contributed by atoms with Gasteiger partial charge in [-0.05, 0) is 48.4 Å². The van der Waals surface area contributed by atoms with Gasteiger partial charge in [0.2, 0.25) is 0 Å². The fourth-order valence-corrected chi connectivity index (χ4v) is 3.89. The monoisotopic (exact) mass is 466 g/mol. The summed E-state index contributed by atoms with van der Waals surface area (Å²) in [5, 5.41) is 14.2. The Morgan fingerprint density at radius 3 is 2.44 bits per heavy atom. The smallest absolute Gasteiger partial charge is 0.118 e. The van der Waals surface area contributed by atoms with Gasteiger partial charge < -0.3 is 10.1 Å². The van der Waals surface area contributed by atoms with Crippen LogP contribution in [0.15, 0.2) is 72.8 Å². The number of hydrogen-bond donors (Lipinski definition) is 1. The van der Waals surface area contributed by atoms with Crippen LogP contribution in [-0.4, -0.2) is 28.6 Å². The Morgan fingerprint density at radius 1 is 0.938 bits per heavy atom. The number of nitrogens with one attached hydrogen (secondary N) is 1. The van der Waals surface area contributed by atoms with Crippen LogP contribution >= 0.6 is 23.2 Å². The van der Waals surface area contributed by atoms with Gasteiger partial charge >= 0.3 is 0 Å². The van der Waals surface area contributed by atoms with Gasteiger partial charge in [0.25, 0.3) is 0 Å². The Labute approximate surface area is 197 Å². The van der Waals surface area contributed by atoms with Gasteiger partial charge in [0, 0.05) is 22.2 Å². The van der Waals surface area contributed by atoms with E-state index in [1.165, 1.54) is 5.56 Å². The lowest BCUT2D eigenvalue weighted by molar-refractivity contribution is 0.414. The van der Waals surface area contributed by atoms with Crippen molar-refractivity contribution in [2.75, 3.05) is 13.7 Å². The molecule has 0 amide bonds. The maximum absolute atomic E-state index is 6.35. The number of ether oxygens (including phenoxy) is 1. The van der Waals surface area contributed by atoms with E-state index in [2.05, 4.69) is 17.4 Å². The number of methoxy groups -OCH3 is 1. The van der Waals surface area contributed by atoms with Crippen LogP contribution < -0.4 is 10.1 Å². The van der Waals surface area contributed by atoms with Crippen LogP contribution in [0.1, 0.15) is 16.8 Å². The van der Waals surface area contributed by atoms with E-state index in [4.69, 9.17) is 38.1 Å². The molecule has 0 radical (unpaired) electrons. The third-order valence-corrected chi connectivity index (χ3v) is 5.73. The molecule has 4 aromatic rings. The maximum Gasteiger partial charge on any atom is 0.118 e. The summed E-state index contributed by atoms with van der Waals surface area (Å²) in [4.78, 5) is 1.69. The van der Waals surface area contributed by atoms with Crippen molar-refractivity contribution in [1.29, 1.82) is 0 Å². The molecule has 0 fully saturated rings. The molecule has 7 heteroatoms. The van der Waals surface area contributed by atoms with Gasteiger partial charge in [0.15, 0.2) is 0 Å². The van der Waals surface area contributed by atoms with Crippen molar-refractivity contribution < 1.29 is 4.74 Å². The van der Waals surface area contributed by atoms with Crippen molar-refractivity contribution in [2.45, 2.75) is 19.5 Å². The van der Waals surface area contributed by atoms with Crippen molar-refractivity contribution in [2.24, 2.45) is 0 Å². The molecule has 0 spiro atoms. The number of nitrogens with zero attached hydrogens (tertiary/aromatic N) is 3. The Balaban J connectivity index is 1.46. The zero-order valence-corrected chi connectivity index (χ0v) is 19.3. The first-order chi connectivity index (χ1) is 15.6. The summed E-state index contributed by atoms with van der Waals surface area (Å²) in [6, 6.07) is 23.7. The second-order valence-electron chi connectivity index (χ2n) is 7.40. The van der Waals surface area contributed by atoms with E-state index >= 15 is 0 Å². The highest BCUT2D eigenvalue weighted by Crippen LogP contribution is 2.24. The highest BCUT2D eigenvalue weighted by Gasteiger charge is 2.14. The molecule has 1 aromatic heterocycles. The number of halogens is 2. The van der Waals surface area contributed by atoms with E-state index in [1.54, 1.807) is 18.0 Å². The lowest BCUT2D eigenvalue weighted by atomic mass is 10.1. The Bertz CT molecular complexity index is 1160. The van der Waals surface area contributed by atoms with Gasteiger partial charge in [-0.2, -0.15) is 15.0 Å². The fourth-order valence-electron chi connectivity index (χ4n) is 3.43. The van der Waals surface area contributed by atoms with E-state index in [0.717, 1.165) is 41.2 Å². The van der Waals surface area contributed by atoms with Gasteiger partial charge in [-0.3, -0.25) is 0 Å². The fraction of sp³-hybridized carbons (Fsp3) is 0.200. The molecule has 5 nitrogen and oxygen atoms in total. The molecule has 0 saturated heterocycles. The van der Waals surface area contributed by atoms with Crippen LogP contribution in [0.2, 0.25) is 10.0 Å². The molecule has 0 aliphatic rings. The van der Waals surface area contributed by atoms with Crippen LogP contribution in [0.5, 0.6) is 5.75 Å². The summed E-state index contributed by atoms with van der Waals surface area (Å²) in [6.07, 6.45) is 0.916. The highest BCUT2D eigenvalue weighted by molar-refractivity contribution is 6.35. The molecule has 1 heterocycles. The largest absolute Gasteiger partial charge is 0.497 e. The predicted molar refractivity (Wildman–Crippen MR) is 129 cm³/mol. The van der Waals surface area contributed by atoms with Crippen molar-refractivity contribution in [3.63, 3.8) is 0 Å². The molecule has 0 atom stereocenters. The normalized spacial score (nSPS) is 11.0. The number of rotatable bonds is 9. The predicted octanol–water partition coefficient (Wildman–Crippen LogP) is 5.64. The summed E-state index contributed by atoms with van der Waals surface area (Å²) >= 11 is 12.4. The molecule has 0 aliphatic carbocycles. The van der Waals surface area contributed by atoms with E-state index in [9.17, 15) is 0 Å². The Morgan fingerprint density at radius 2 is 1.72 bits per heavy atom. The van der Waals surface area contributed by atoms with Gasteiger partial charge in [0.1, 0.15) is 17.1 Å². The number of aromatic nitrogens is 3. The van der Waals surface area contributed by atoms with Crippen LogP contribution in [0, 0.1) is 0 Å². The van der Waals surface area contributed by atoms with Crippen molar-refractivity contribution in [3.05, 3.63) is 99.7 Å². The first kappa shape index (κ1) is 22.3. The summed E-state index contributed by atoms with van der Waals surface area (Å²) in [5.41, 5.74) is 4.98. The lowest BCUT2D eigenvalue weighted by Crippen LogP contribution is -2.17. The first-order valence-electron chi connectivity index (χ1n) is 10.4. The van der Waals surface area contributed by atoms with Crippen molar-refractivity contribution >= 4 is 23.2 Å². The molecule has 0 saturated carbocycles. The van der Waals surface area contributed by atoms with Crippen LogP contribution in [0.4, 0.5) is 0 Å². The second-order valence-corrected chi connectivity index (χ2v) is 8.25.